The van der Waals surface area contributed by atoms with Crippen molar-refractivity contribution >= 4 is 5.97 Å². The van der Waals surface area contributed by atoms with Crippen molar-refractivity contribution in [3.05, 3.63) is 0 Å². The Morgan fingerprint density at radius 1 is 1.50 bits per heavy atom. The molecule has 0 amide bonds. The second kappa shape index (κ2) is 5.64. The number of likely N-dealkylation sites (tertiary alicyclic amines) is 1. The largest absolute Gasteiger partial charge is 0.466 e. The molecule has 0 aromatic rings. The van der Waals surface area contributed by atoms with Crippen LogP contribution in [0.1, 0.15) is 26.2 Å². The fourth-order valence-electron chi connectivity index (χ4n) is 2.60. The van der Waals surface area contributed by atoms with Crippen molar-refractivity contribution in [2.75, 3.05) is 32.9 Å². The van der Waals surface area contributed by atoms with Crippen LogP contribution in [0.25, 0.3) is 0 Å². The number of carbonyl (C=O) groups excluding carboxylic acids is 1. The summed E-state index contributed by atoms with van der Waals surface area (Å²) in [7, 11) is 0. The van der Waals surface area contributed by atoms with Crippen molar-refractivity contribution < 1.29 is 14.3 Å². The Balaban J connectivity index is 1.85. The monoisotopic (exact) mass is 227 g/mol. The van der Waals surface area contributed by atoms with Gasteiger partial charge in [-0.2, -0.15) is 0 Å². The van der Waals surface area contributed by atoms with Crippen LogP contribution in [-0.2, 0) is 14.3 Å². The first-order valence-electron chi connectivity index (χ1n) is 6.29. The van der Waals surface area contributed by atoms with Crippen LogP contribution in [0.2, 0.25) is 0 Å². The van der Waals surface area contributed by atoms with E-state index in [1.54, 1.807) is 0 Å². The molecule has 92 valence electrons. The van der Waals surface area contributed by atoms with Crippen molar-refractivity contribution in [2.45, 2.75) is 32.2 Å². The normalized spacial score (nSPS) is 31.6. The van der Waals surface area contributed by atoms with Crippen molar-refractivity contribution in [1.82, 2.24) is 4.90 Å². The number of ether oxygens (including phenoxy) is 2. The van der Waals surface area contributed by atoms with E-state index in [0.717, 1.165) is 45.6 Å². The summed E-state index contributed by atoms with van der Waals surface area (Å²) in [5.74, 6) is 0.0559. The molecule has 1 unspecified atom stereocenters. The van der Waals surface area contributed by atoms with Gasteiger partial charge in [-0.3, -0.25) is 9.69 Å². The van der Waals surface area contributed by atoms with Crippen LogP contribution in [0.3, 0.4) is 0 Å². The van der Waals surface area contributed by atoms with Gasteiger partial charge in [-0.15, -0.1) is 0 Å². The molecule has 0 saturated carbocycles. The van der Waals surface area contributed by atoms with Crippen LogP contribution in [0, 0.1) is 5.92 Å². The topological polar surface area (TPSA) is 38.8 Å². The number of carbonyl (C=O) groups is 1. The van der Waals surface area contributed by atoms with Gasteiger partial charge in [0.05, 0.1) is 19.1 Å². The van der Waals surface area contributed by atoms with Gasteiger partial charge in [0.1, 0.15) is 0 Å². The number of esters is 1. The second-order valence-electron chi connectivity index (χ2n) is 4.60. The molecule has 4 nitrogen and oxygen atoms in total. The third-order valence-electron chi connectivity index (χ3n) is 3.49. The molecule has 2 aliphatic heterocycles. The lowest BCUT2D eigenvalue weighted by Crippen LogP contribution is -2.45. The Hall–Kier alpha value is -0.610. The molecule has 2 saturated heterocycles. The maximum Gasteiger partial charge on any atom is 0.310 e. The van der Waals surface area contributed by atoms with Gasteiger partial charge in [0.25, 0.3) is 0 Å². The molecule has 0 aliphatic carbocycles. The third kappa shape index (κ3) is 2.74. The Labute approximate surface area is 96.9 Å². The molecule has 0 radical (unpaired) electrons. The Bertz CT molecular complexity index is 238. The predicted molar refractivity (Wildman–Crippen MR) is 60.2 cm³/mol. The van der Waals surface area contributed by atoms with Gasteiger partial charge in [0.15, 0.2) is 0 Å². The fraction of sp³-hybridized carbons (Fsp3) is 0.917. The SMILES string of the molecule is CCOC(=O)[C@@H]1CCCN(C2CCOC2)C1. The maximum absolute atomic E-state index is 11.7. The molecule has 2 rings (SSSR count). The number of nitrogens with zero attached hydrogens (tertiary/aromatic N) is 1. The van der Waals surface area contributed by atoms with E-state index < -0.39 is 0 Å². The molecule has 0 N–H and O–H groups in total. The Morgan fingerprint density at radius 3 is 3.06 bits per heavy atom. The molecule has 0 spiro atoms. The number of piperidine rings is 1. The summed E-state index contributed by atoms with van der Waals surface area (Å²) in [5.41, 5.74) is 0. The molecular weight excluding hydrogens is 206 g/mol. The molecule has 0 aromatic heterocycles. The standard InChI is InChI=1S/C12H21NO3/c1-2-16-12(14)10-4-3-6-13(8-10)11-5-7-15-9-11/h10-11H,2-9H2,1H3/t10-,11?/m1/s1. The number of hydrogen-bond acceptors (Lipinski definition) is 4. The Morgan fingerprint density at radius 2 is 2.38 bits per heavy atom. The lowest BCUT2D eigenvalue weighted by molar-refractivity contribution is -0.150. The van der Waals surface area contributed by atoms with E-state index in [-0.39, 0.29) is 11.9 Å². The molecule has 2 atom stereocenters. The molecule has 16 heavy (non-hydrogen) atoms. The molecule has 2 aliphatic rings. The first-order chi connectivity index (χ1) is 7.81. The summed E-state index contributed by atoms with van der Waals surface area (Å²) in [6, 6.07) is 0.525. The van der Waals surface area contributed by atoms with Crippen molar-refractivity contribution in [2.24, 2.45) is 5.92 Å². The first-order valence-corrected chi connectivity index (χ1v) is 6.29. The lowest BCUT2D eigenvalue weighted by atomic mass is 9.96. The van der Waals surface area contributed by atoms with Crippen molar-refractivity contribution in [1.29, 1.82) is 0 Å². The fourth-order valence-corrected chi connectivity index (χ4v) is 2.60. The molecule has 0 bridgehead atoms. The minimum Gasteiger partial charge on any atom is -0.466 e. The zero-order valence-corrected chi connectivity index (χ0v) is 9.98. The van der Waals surface area contributed by atoms with Gasteiger partial charge in [-0.25, -0.2) is 0 Å². The van der Waals surface area contributed by atoms with Crippen LogP contribution in [0.5, 0.6) is 0 Å². The van der Waals surface area contributed by atoms with E-state index in [2.05, 4.69) is 4.90 Å². The summed E-state index contributed by atoms with van der Waals surface area (Å²) in [4.78, 5) is 14.1. The quantitative estimate of drug-likeness (QED) is 0.676. The summed E-state index contributed by atoms with van der Waals surface area (Å²) in [5, 5.41) is 0. The van der Waals surface area contributed by atoms with E-state index in [1.807, 2.05) is 6.92 Å². The summed E-state index contributed by atoms with van der Waals surface area (Å²) < 4.78 is 10.5. The van der Waals surface area contributed by atoms with Crippen LogP contribution in [0.4, 0.5) is 0 Å². The number of rotatable bonds is 3. The second-order valence-corrected chi connectivity index (χ2v) is 4.60. The minimum absolute atomic E-state index is 0.0221. The molecule has 4 heteroatoms. The van der Waals surface area contributed by atoms with Gasteiger partial charge >= 0.3 is 5.97 Å². The molecule has 0 aromatic carbocycles. The van der Waals surface area contributed by atoms with Crippen molar-refractivity contribution in [3.63, 3.8) is 0 Å². The highest BCUT2D eigenvalue weighted by Gasteiger charge is 2.31. The molecular formula is C12H21NO3. The van der Waals surface area contributed by atoms with Crippen LogP contribution < -0.4 is 0 Å². The van der Waals surface area contributed by atoms with Gasteiger partial charge in [-0.05, 0) is 32.7 Å². The summed E-state index contributed by atoms with van der Waals surface area (Å²) in [6.07, 6.45) is 3.18. The lowest BCUT2D eigenvalue weighted by Gasteiger charge is -2.35. The van der Waals surface area contributed by atoms with Gasteiger partial charge in [0, 0.05) is 19.2 Å². The number of hydrogen-bond donors (Lipinski definition) is 0. The average Bonchev–Trinajstić information content (AvgIpc) is 2.83. The third-order valence-corrected chi connectivity index (χ3v) is 3.49. The molecule has 2 fully saturated rings. The van der Waals surface area contributed by atoms with E-state index >= 15 is 0 Å². The Kier molecular flexibility index (Phi) is 4.18. The highest BCUT2D eigenvalue weighted by atomic mass is 16.5. The van der Waals surface area contributed by atoms with E-state index in [4.69, 9.17) is 9.47 Å². The van der Waals surface area contributed by atoms with Crippen LogP contribution in [0.15, 0.2) is 0 Å². The smallest absolute Gasteiger partial charge is 0.310 e. The van der Waals surface area contributed by atoms with E-state index in [0.29, 0.717) is 12.6 Å². The van der Waals surface area contributed by atoms with Gasteiger partial charge in [-0.1, -0.05) is 0 Å². The van der Waals surface area contributed by atoms with Crippen LogP contribution in [-0.4, -0.2) is 49.8 Å². The average molecular weight is 227 g/mol. The molecule has 2 heterocycles. The zero-order chi connectivity index (χ0) is 11.4. The summed E-state index contributed by atoms with van der Waals surface area (Å²) >= 11 is 0. The maximum atomic E-state index is 11.7. The predicted octanol–water partition coefficient (Wildman–Crippen LogP) is 1.05. The zero-order valence-electron chi connectivity index (χ0n) is 9.98. The van der Waals surface area contributed by atoms with Gasteiger partial charge < -0.3 is 9.47 Å². The minimum atomic E-state index is -0.0221. The van der Waals surface area contributed by atoms with E-state index in [1.165, 1.54) is 0 Å². The first kappa shape index (κ1) is 11.9. The van der Waals surface area contributed by atoms with Crippen molar-refractivity contribution in [3.8, 4) is 0 Å². The highest BCUT2D eigenvalue weighted by Crippen LogP contribution is 2.22. The summed E-state index contributed by atoms with van der Waals surface area (Å²) in [6.45, 7) is 6.00. The highest BCUT2D eigenvalue weighted by molar-refractivity contribution is 5.72. The van der Waals surface area contributed by atoms with E-state index in [9.17, 15) is 4.79 Å². The van der Waals surface area contributed by atoms with Gasteiger partial charge in [0.2, 0.25) is 0 Å². The van der Waals surface area contributed by atoms with Crippen LogP contribution >= 0.6 is 0 Å².